The number of amides is 1. The number of fused-ring (bicyclic) bond motifs is 1. The molecular weight excluding hydrogens is 356 g/mol. The van der Waals surface area contributed by atoms with Gasteiger partial charge >= 0.3 is 0 Å². The van der Waals surface area contributed by atoms with E-state index in [0.29, 0.717) is 29.4 Å². The van der Waals surface area contributed by atoms with E-state index in [-0.39, 0.29) is 5.91 Å². The normalized spacial score (nSPS) is 10.8. The quantitative estimate of drug-likeness (QED) is 0.498. The van der Waals surface area contributed by atoms with Gasteiger partial charge in [-0.25, -0.2) is 5.43 Å². The van der Waals surface area contributed by atoms with E-state index in [2.05, 4.69) is 10.5 Å². The zero-order chi connectivity index (χ0) is 19.9. The average Bonchev–Trinajstić information content (AvgIpc) is 2.73. The van der Waals surface area contributed by atoms with E-state index < -0.39 is 0 Å². The first-order chi connectivity index (χ1) is 13.7. The van der Waals surface area contributed by atoms with Crippen LogP contribution in [0.3, 0.4) is 0 Å². The highest BCUT2D eigenvalue weighted by Crippen LogP contribution is 2.28. The second kappa shape index (κ2) is 8.90. The van der Waals surface area contributed by atoms with Gasteiger partial charge in [-0.15, -0.1) is 0 Å². The maximum Gasteiger partial charge on any atom is 0.275 e. The van der Waals surface area contributed by atoms with Crippen molar-refractivity contribution in [1.29, 1.82) is 0 Å². The summed E-state index contributed by atoms with van der Waals surface area (Å²) < 4.78 is 16.2. The molecule has 0 aliphatic heterocycles. The summed E-state index contributed by atoms with van der Waals surface area (Å²) in [5, 5.41) is 6.00. The van der Waals surface area contributed by atoms with Gasteiger partial charge in [-0.2, -0.15) is 5.10 Å². The van der Waals surface area contributed by atoms with Crippen LogP contribution in [0.1, 0.15) is 22.8 Å². The predicted octanol–water partition coefficient (Wildman–Crippen LogP) is 4.02. The highest BCUT2D eigenvalue weighted by atomic mass is 16.5. The standard InChI is InChI=1S/C22H22N2O4/c1-4-28-19-10-9-15(11-21(19)27-3)14-23-24-22(25)18-12-16-7-5-6-8-17(16)13-20(18)26-2/h5-14H,4H2,1-3H3,(H,24,25). The fourth-order valence-electron chi connectivity index (χ4n) is 2.83. The van der Waals surface area contributed by atoms with E-state index in [1.54, 1.807) is 31.5 Å². The third-order valence-corrected chi connectivity index (χ3v) is 4.18. The van der Waals surface area contributed by atoms with Gasteiger partial charge in [0.05, 0.1) is 32.6 Å². The first-order valence-corrected chi connectivity index (χ1v) is 8.87. The fraction of sp³-hybridized carbons (Fsp3) is 0.182. The van der Waals surface area contributed by atoms with Crippen molar-refractivity contribution in [3.63, 3.8) is 0 Å². The van der Waals surface area contributed by atoms with E-state index in [0.717, 1.165) is 16.3 Å². The number of nitrogens with one attached hydrogen (secondary N) is 1. The van der Waals surface area contributed by atoms with Crippen LogP contribution in [0.25, 0.3) is 10.8 Å². The van der Waals surface area contributed by atoms with Crippen LogP contribution in [0, 0.1) is 0 Å². The van der Waals surface area contributed by atoms with E-state index in [1.165, 1.54) is 7.11 Å². The smallest absolute Gasteiger partial charge is 0.275 e. The summed E-state index contributed by atoms with van der Waals surface area (Å²) in [6.07, 6.45) is 1.55. The minimum absolute atomic E-state index is 0.350. The number of benzene rings is 3. The maximum atomic E-state index is 12.6. The number of carbonyl (C=O) groups is 1. The van der Waals surface area contributed by atoms with Crippen molar-refractivity contribution >= 4 is 22.9 Å². The number of nitrogens with zero attached hydrogens (tertiary/aromatic N) is 1. The van der Waals surface area contributed by atoms with Gasteiger partial charge in [0.25, 0.3) is 5.91 Å². The van der Waals surface area contributed by atoms with Crippen molar-refractivity contribution in [2.45, 2.75) is 6.92 Å². The highest BCUT2D eigenvalue weighted by Gasteiger charge is 2.13. The van der Waals surface area contributed by atoms with Crippen molar-refractivity contribution in [1.82, 2.24) is 5.43 Å². The van der Waals surface area contributed by atoms with Gasteiger partial charge in [0.1, 0.15) is 5.75 Å². The van der Waals surface area contributed by atoms with Crippen LogP contribution < -0.4 is 19.6 Å². The summed E-state index contributed by atoms with van der Waals surface area (Å²) in [6.45, 7) is 2.46. The molecule has 6 nitrogen and oxygen atoms in total. The molecule has 0 atom stereocenters. The SMILES string of the molecule is CCOc1ccc(C=NNC(=O)c2cc3ccccc3cc2OC)cc1OC. The Hall–Kier alpha value is -3.54. The lowest BCUT2D eigenvalue weighted by Gasteiger charge is -2.10. The third-order valence-electron chi connectivity index (χ3n) is 4.18. The molecule has 0 aromatic heterocycles. The highest BCUT2D eigenvalue weighted by molar-refractivity contribution is 6.02. The van der Waals surface area contributed by atoms with E-state index >= 15 is 0 Å². The van der Waals surface area contributed by atoms with Gasteiger partial charge < -0.3 is 14.2 Å². The predicted molar refractivity (Wildman–Crippen MR) is 110 cm³/mol. The van der Waals surface area contributed by atoms with Crippen LogP contribution >= 0.6 is 0 Å². The van der Waals surface area contributed by atoms with Gasteiger partial charge in [-0.3, -0.25) is 4.79 Å². The topological polar surface area (TPSA) is 69.2 Å². The lowest BCUT2D eigenvalue weighted by molar-refractivity contribution is 0.0952. The summed E-state index contributed by atoms with van der Waals surface area (Å²) in [6, 6.07) is 16.8. The van der Waals surface area contributed by atoms with Crippen LogP contribution in [0.4, 0.5) is 0 Å². The molecule has 0 aliphatic carbocycles. The van der Waals surface area contributed by atoms with Gasteiger partial charge in [0.2, 0.25) is 0 Å². The molecule has 28 heavy (non-hydrogen) atoms. The molecule has 144 valence electrons. The Kier molecular flexibility index (Phi) is 6.11. The molecular formula is C22H22N2O4. The molecule has 0 saturated heterocycles. The molecule has 0 unspecified atom stereocenters. The summed E-state index contributed by atoms with van der Waals surface area (Å²) in [5.41, 5.74) is 3.73. The van der Waals surface area contributed by atoms with Gasteiger partial charge in [0.15, 0.2) is 11.5 Å². The number of methoxy groups -OCH3 is 2. The lowest BCUT2D eigenvalue weighted by Crippen LogP contribution is -2.18. The third kappa shape index (κ3) is 4.23. The van der Waals surface area contributed by atoms with E-state index in [1.807, 2.05) is 43.3 Å². The average molecular weight is 378 g/mol. The molecule has 0 aliphatic rings. The molecule has 1 N–H and O–H groups in total. The lowest BCUT2D eigenvalue weighted by atomic mass is 10.1. The van der Waals surface area contributed by atoms with Crippen LogP contribution in [0.15, 0.2) is 59.7 Å². The van der Waals surface area contributed by atoms with E-state index in [9.17, 15) is 4.79 Å². The molecule has 0 fully saturated rings. The summed E-state index contributed by atoms with van der Waals surface area (Å²) in [5.74, 6) is 1.41. The molecule has 3 aromatic carbocycles. The molecule has 1 amide bonds. The zero-order valence-corrected chi connectivity index (χ0v) is 16.1. The molecule has 0 heterocycles. The number of hydrogen-bond donors (Lipinski definition) is 1. The molecule has 3 rings (SSSR count). The first-order valence-electron chi connectivity index (χ1n) is 8.87. The van der Waals surface area contributed by atoms with Gasteiger partial charge in [-0.1, -0.05) is 24.3 Å². The molecule has 3 aromatic rings. The molecule has 0 spiro atoms. The summed E-state index contributed by atoms with van der Waals surface area (Å²) in [7, 11) is 3.11. The van der Waals surface area contributed by atoms with Crippen molar-refractivity contribution in [3.8, 4) is 17.2 Å². The Morgan fingerprint density at radius 3 is 2.36 bits per heavy atom. The number of carbonyl (C=O) groups excluding carboxylic acids is 1. The van der Waals surface area contributed by atoms with Crippen molar-refractivity contribution in [2.75, 3.05) is 20.8 Å². The van der Waals surface area contributed by atoms with Crippen LogP contribution in [0.5, 0.6) is 17.2 Å². The summed E-state index contributed by atoms with van der Waals surface area (Å²) in [4.78, 5) is 12.6. The van der Waals surface area contributed by atoms with Gasteiger partial charge in [0, 0.05) is 0 Å². The minimum atomic E-state index is -0.350. The van der Waals surface area contributed by atoms with Crippen LogP contribution in [-0.2, 0) is 0 Å². The number of hydrogen-bond acceptors (Lipinski definition) is 5. The fourth-order valence-corrected chi connectivity index (χ4v) is 2.83. The Morgan fingerprint density at radius 1 is 0.964 bits per heavy atom. The number of rotatable bonds is 7. The van der Waals surface area contributed by atoms with Crippen molar-refractivity contribution < 1.29 is 19.0 Å². The maximum absolute atomic E-state index is 12.6. The number of ether oxygens (including phenoxy) is 3. The van der Waals surface area contributed by atoms with Gasteiger partial charge in [-0.05, 0) is 53.6 Å². The van der Waals surface area contributed by atoms with Crippen molar-refractivity contribution in [2.24, 2.45) is 5.10 Å². The minimum Gasteiger partial charge on any atom is -0.496 e. The Bertz CT molecular complexity index is 1010. The Balaban J connectivity index is 1.77. The van der Waals surface area contributed by atoms with Crippen LogP contribution in [0.2, 0.25) is 0 Å². The molecule has 0 radical (unpaired) electrons. The number of hydrazone groups is 1. The second-order valence-corrected chi connectivity index (χ2v) is 5.94. The Labute approximate surface area is 163 Å². The molecule has 0 saturated carbocycles. The second-order valence-electron chi connectivity index (χ2n) is 5.94. The largest absolute Gasteiger partial charge is 0.496 e. The zero-order valence-electron chi connectivity index (χ0n) is 16.1. The first kappa shape index (κ1) is 19.2. The molecule has 0 bridgehead atoms. The Morgan fingerprint density at radius 2 is 1.68 bits per heavy atom. The monoisotopic (exact) mass is 378 g/mol. The molecule has 6 heteroatoms. The van der Waals surface area contributed by atoms with Crippen LogP contribution in [-0.4, -0.2) is 32.9 Å². The summed E-state index contributed by atoms with van der Waals surface area (Å²) >= 11 is 0. The van der Waals surface area contributed by atoms with E-state index in [4.69, 9.17) is 14.2 Å². The van der Waals surface area contributed by atoms with Crippen molar-refractivity contribution in [3.05, 3.63) is 65.7 Å².